The van der Waals surface area contributed by atoms with Crippen LogP contribution in [0.5, 0.6) is 0 Å². The number of hydrogen-bond acceptors (Lipinski definition) is 1. The van der Waals surface area contributed by atoms with Crippen LogP contribution in [0.25, 0.3) is 0 Å². The van der Waals surface area contributed by atoms with Gasteiger partial charge in [0.25, 0.3) is 0 Å². The minimum absolute atomic E-state index is 0.456. The molecule has 2 heteroatoms. The molecule has 0 spiro atoms. The van der Waals surface area contributed by atoms with E-state index in [1.54, 1.807) is 0 Å². The van der Waals surface area contributed by atoms with Gasteiger partial charge in [-0.15, -0.1) is 0 Å². The topological polar surface area (TPSA) is 12.0 Å². The molecule has 1 aliphatic rings. The number of halogens is 1. The van der Waals surface area contributed by atoms with E-state index < -0.39 is 0 Å². The molecule has 1 aromatic carbocycles. The Labute approximate surface area is 129 Å². The van der Waals surface area contributed by atoms with E-state index in [1.165, 1.54) is 37.7 Å². The fraction of sp³-hybridized carbons (Fsp3) is 0.667. The van der Waals surface area contributed by atoms with E-state index in [0.29, 0.717) is 11.5 Å². The van der Waals surface area contributed by atoms with Gasteiger partial charge in [0.1, 0.15) is 0 Å². The molecule has 0 aromatic heterocycles. The van der Waals surface area contributed by atoms with Crippen molar-refractivity contribution < 1.29 is 0 Å². The average molecular weight is 294 g/mol. The second-order valence-electron chi connectivity index (χ2n) is 7.24. The van der Waals surface area contributed by atoms with Gasteiger partial charge < -0.3 is 5.32 Å². The zero-order valence-corrected chi connectivity index (χ0v) is 13.8. The average Bonchev–Trinajstić information content (AvgIpc) is 2.63. The number of rotatable bonds is 3. The van der Waals surface area contributed by atoms with Gasteiger partial charge in [0.2, 0.25) is 0 Å². The lowest BCUT2D eigenvalue weighted by molar-refractivity contribution is 0.213. The molecule has 2 unspecified atom stereocenters. The number of nitrogens with one attached hydrogen (secondary N) is 1. The van der Waals surface area contributed by atoms with Crippen LogP contribution in [0, 0.1) is 11.3 Å². The molecule has 2 atom stereocenters. The second kappa shape index (κ2) is 6.95. The Balaban J connectivity index is 1.84. The molecule has 1 saturated carbocycles. The molecular weight excluding hydrogens is 266 g/mol. The summed E-state index contributed by atoms with van der Waals surface area (Å²) >= 11 is 6.22. The van der Waals surface area contributed by atoms with Crippen molar-refractivity contribution in [3.05, 3.63) is 34.9 Å². The van der Waals surface area contributed by atoms with Gasteiger partial charge in [-0.05, 0) is 48.6 Å². The molecule has 0 bridgehead atoms. The normalized spacial score (nSPS) is 24.4. The van der Waals surface area contributed by atoms with E-state index in [2.05, 4.69) is 38.2 Å². The summed E-state index contributed by atoms with van der Waals surface area (Å²) in [6.45, 7) is 8.05. The van der Waals surface area contributed by atoms with Crippen LogP contribution in [0.4, 0.5) is 0 Å². The Hall–Kier alpha value is -0.530. The summed E-state index contributed by atoms with van der Waals surface area (Å²) in [7, 11) is 0. The quantitative estimate of drug-likeness (QED) is 0.733. The Bertz CT molecular complexity index is 422. The van der Waals surface area contributed by atoms with Gasteiger partial charge in [-0.1, -0.05) is 57.0 Å². The lowest BCUT2D eigenvalue weighted by Gasteiger charge is -2.29. The van der Waals surface area contributed by atoms with Crippen molar-refractivity contribution in [2.24, 2.45) is 11.3 Å². The van der Waals surface area contributed by atoms with E-state index in [9.17, 15) is 0 Å². The Kier molecular flexibility index (Phi) is 5.51. The van der Waals surface area contributed by atoms with E-state index in [1.807, 2.05) is 12.1 Å². The van der Waals surface area contributed by atoms with Crippen molar-refractivity contribution >= 4 is 11.6 Å². The summed E-state index contributed by atoms with van der Waals surface area (Å²) in [6.07, 6.45) is 6.68. The van der Waals surface area contributed by atoms with Crippen LogP contribution < -0.4 is 5.32 Å². The molecule has 1 aliphatic carbocycles. The highest BCUT2D eigenvalue weighted by atomic mass is 35.5. The second-order valence-corrected chi connectivity index (χ2v) is 7.65. The van der Waals surface area contributed by atoms with E-state index in [-0.39, 0.29) is 0 Å². The van der Waals surface area contributed by atoms with Crippen LogP contribution in [-0.2, 0) is 6.54 Å². The van der Waals surface area contributed by atoms with Crippen molar-refractivity contribution in [1.82, 2.24) is 5.32 Å². The van der Waals surface area contributed by atoms with Crippen molar-refractivity contribution in [3.8, 4) is 0 Å². The van der Waals surface area contributed by atoms with Crippen LogP contribution in [0.15, 0.2) is 24.3 Å². The standard InChI is InChI=1S/C18H28ClN/c1-18(2,3)15-8-6-9-16(12-11-15)20-13-14-7-4-5-10-17(14)19/h4-5,7,10,15-16,20H,6,8-9,11-13H2,1-3H3. The van der Waals surface area contributed by atoms with Crippen molar-refractivity contribution in [3.63, 3.8) is 0 Å². The molecule has 1 aromatic rings. The minimum Gasteiger partial charge on any atom is -0.310 e. The van der Waals surface area contributed by atoms with Gasteiger partial charge in [0.15, 0.2) is 0 Å². The first-order chi connectivity index (χ1) is 9.47. The summed E-state index contributed by atoms with van der Waals surface area (Å²) in [6, 6.07) is 8.79. The fourth-order valence-electron chi connectivity index (χ4n) is 3.27. The third-order valence-corrected chi connectivity index (χ3v) is 5.10. The minimum atomic E-state index is 0.456. The highest BCUT2D eigenvalue weighted by Gasteiger charge is 2.27. The largest absolute Gasteiger partial charge is 0.310 e. The van der Waals surface area contributed by atoms with E-state index in [0.717, 1.165) is 17.5 Å². The molecule has 2 rings (SSSR count). The molecular formula is C18H28ClN. The summed E-state index contributed by atoms with van der Waals surface area (Å²) < 4.78 is 0. The third kappa shape index (κ3) is 4.49. The summed E-state index contributed by atoms with van der Waals surface area (Å²) in [5, 5.41) is 4.58. The lowest BCUT2D eigenvalue weighted by Crippen LogP contribution is -2.28. The molecule has 112 valence electrons. The van der Waals surface area contributed by atoms with E-state index >= 15 is 0 Å². The number of benzene rings is 1. The van der Waals surface area contributed by atoms with Gasteiger partial charge in [0, 0.05) is 17.6 Å². The zero-order chi connectivity index (χ0) is 14.6. The van der Waals surface area contributed by atoms with Crippen LogP contribution in [0.1, 0.15) is 58.4 Å². The SMILES string of the molecule is CC(C)(C)C1CCCC(NCc2ccccc2Cl)CC1. The van der Waals surface area contributed by atoms with Gasteiger partial charge >= 0.3 is 0 Å². The maximum absolute atomic E-state index is 6.22. The molecule has 20 heavy (non-hydrogen) atoms. The van der Waals surface area contributed by atoms with E-state index in [4.69, 9.17) is 11.6 Å². The molecule has 0 radical (unpaired) electrons. The van der Waals surface area contributed by atoms with Crippen molar-refractivity contribution in [1.29, 1.82) is 0 Å². The predicted octanol–water partition coefficient (Wildman–Crippen LogP) is 5.42. The van der Waals surface area contributed by atoms with Gasteiger partial charge in [-0.25, -0.2) is 0 Å². The molecule has 0 heterocycles. The Morgan fingerprint density at radius 2 is 1.85 bits per heavy atom. The number of hydrogen-bond donors (Lipinski definition) is 1. The third-order valence-electron chi connectivity index (χ3n) is 4.73. The monoisotopic (exact) mass is 293 g/mol. The van der Waals surface area contributed by atoms with Crippen LogP contribution >= 0.6 is 11.6 Å². The Morgan fingerprint density at radius 3 is 2.55 bits per heavy atom. The first-order valence-corrected chi connectivity index (χ1v) is 8.31. The first-order valence-electron chi connectivity index (χ1n) is 7.93. The summed E-state index contributed by atoms with van der Waals surface area (Å²) in [5.41, 5.74) is 1.67. The summed E-state index contributed by atoms with van der Waals surface area (Å²) in [5.74, 6) is 0.870. The zero-order valence-electron chi connectivity index (χ0n) is 13.1. The van der Waals surface area contributed by atoms with Crippen molar-refractivity contribution in [2.75, 3.05) is 0 Å². The molecule has 0 saturated heterocycles. The van der Waals surface area contributed by atoms with Crippen LogP contribution in [0.3, 0.4) is 0 Å². The smallest absolute Gasteiger partial charge is 0.0450 e. The maximum Gasteiger partial charge on any atom is 0.0450 e. The van der Waals surface area contributed by atoms with Crippen LogP contribution in [0.2, 0.25) is 5.02 Å². The lowest BCUT2D eigenvalue weighted by atomic mass is 9.76. The molecule has 0 aliphatic heterocycles. The van der Waals surface area contributed by atoms with Gasteiger partial charge in [0.05, 0.1) is 0 Å². The highest BCUT2D eigenvalue weighted by Crippen LogP contribution is 2.36. The summed E-state index contributed by atoms with van der Waals surface area (Å²) in [4.78, 5) is 0. The molecule has 1 nitrogen and oxygen atoms in total. The Morgan fingerprint density at radius 1 is 1.10 bits per heavy atom. The predicted molar refractivity (Wildman–Crippen MR) is 88.1 cm³/mol. The fourth-order valence-corrected chi connectivity index (χ4v) is 3.47. The maximum atomic E-state index is 6.22. The van der Waals surface area contributed by atoms with Gasteiger partial charge in [-0.2, -0.15) is 0 Å². The molecule has 1 fully saturated rings. The highest BCUT2D eigenvalue weighted by molar-refractivity contribution is 6.31. The molecule has 1 N–H and O–H groups in total. The molecule has 0 amide bonds. The van der Waals surface area contributed by atoms with Gasteiger partial charge in [-0.3, -0.25) is 0 Å². The first kappa shape index (κ1) is 15.9. The van der Waals surface area contributed by atoms with Crippen LogP contribution in [-0.4, -0.2) is 6.04 Å². The van der Waals surface area contributed by atoms with Crippen molar-refractivity contribution in [2.45, 2.75) is 65.5 Å².